The fourth-order valence-electron chi connectivity index (χ4n) is 2.42. The normalized spacial score (nSPS) is 12.2. The van der Waals surface area contributed by atoms with Gasteiger partial charge in [0.05, 0.1) is 26.5 Å². The van der Waals surface area contributed by atoms with E-state index in [9.17, 15) is 0 Å². The molecule has 0 aliphatic rings. The van der Waals surface area contributed by atoms with Gasteiger partial charge in [0.1, 0.15) is 6.20 Å². The van der Waals surface area contributed by atoms with Crippen molar-refractivity contribution in [3.63, 3.8) is 0 Å². The third-order valence-corrected chi connectivity index (χ3v) is 3.71. The number of hydrazone groups is 1. The quantitative estimate of drug-likeness (QED) is 0.261. The van der Waals surface area contributed by atoms with Crippen LogP contribution in [-0.4, -0.2) is 23.8 Å². The predicted molar refractivity (Wildman–Crippen MR) is 90.8 cm³/mol. The first kappa shape index (κ1) is 14.8. The molecule has 4 N–H and O–H groups in total. The molecule has 0 aliphatic heterocycles. The lowest BCUT2D eigenvalue weighted by atomic mass is 10.1. The highest BCUT2D eigenvalue weighted by Gasteiger charge is 2.14. The smallest absolute Gasteiger partial charge is 0.289 e. The monoisotopic (exact) mass is 308 g/mol. The number of aryl methyl sites for hydroxylation is 1. The van der Waals surface area contributed by atoms with Crippen molar-refractivity contribution < 1.29 is 9.39 Å². The van der Waals surface area contributed by atoms with Gasteiger partial charge in [-0.25, -0.2) is 8.97 Å². The van der Waals surface area contributed by atoms with E-state index < -0.39 is 0 Å². The summed E-state index contributed by atoms with van der Waals surface area (Å²) in [6.07, 6.45) is 5.90. The van der Waals surface area contributed by atoms with Crippen LogP contribution in [0.1, 0.15) is 5.56 Å². The summed E-state index contributed by atoms with van der Waals surface area (Å²) in [5, 5.41) is 4.06. The summed E-state index contributed by atoms with van der Waals surface area (Å²) in [6.45, 7) is 0. The standard InChI is InChI=1S/C17H19N6/c1-19-17(18)21-20-11-13-6-8-14(9-7-13)15-12-23-10-4-3-5-16(23)22(15)2/h3-12H,1-2H3,(H3,18,19,21)/q+1/p+1/b20-11-. The predicted octanol–water partition coefficient (Wildman–Crippen LogP) is -0.621. The molecule has 0 bridgehead atoms. The summed E-state index contributed by atoms with van der Waals surface area (Å²) >= 11 is 0. The summed E-state index contributed by atoms with van der Waals surface area (Å²) in [5.41, 5.74) is 12.7. The number of nitrogens with one attached hydrogen (secondary N) is 2. The molecule has 0 saturated carbocycles. The molecule has 6 nitrogen and oxygen atoms in total. The van der Waals surface area contributed by atoms with Gasteiger partial charge in [-0.15, -0.1) is 5.10 Å². The second-order valence-electron chi connectivity index (χ2n) is 5.20. The van der Waals surface area contributed by atoms with Crippen LogP contribution < -0.4 is 20.6 Å². The molecule has 6 heteroatoms. The van der Waals surface area contributed by atoms with Crippen molar-refractivity contribution in [3.8, 4) is 11.3 Å². The summed E-state index contributed by atoms with van der Waals surface area (Å²) in [4.78, 5) is 2.77. The van der Waals surface area contributed by atoms with E-state index in [-0.39, 0.29) is 0 Å². The second kappa shape index (κ2) is 6.31. The summed E-state index contributed by atoms with van der Waals surface area (Å²) < 4.78 is 4.29. The maximum Gasteiger partial charge on any atom is 0.364 e. The number of imidazole rings is 1. The van der Waals surface area contributed by atoms with Crippen molar-refractivity contribution in [2.45, 2.75) is 0 Å². The fourth-order valence-corrected chi connectivity index (χ4v) is 2.42. The maximum absolute atomic E-state index is 5.57. The number of guanidine groups is 1. The number of nitrogens with zero attached hydrogens (tertiary/aromatic N) is 3. The molecule has 1 aromatic carbocycles. The molecule has 0 atom stereocenters. The molecule has 23 heavy (non-hydrogen) atoms. The highest BCUT2D eigenvalue weighted by Crippen LogP contribution is 2.19. The average molecular weight is 308 g/mol. The van der Waals surface area contributed by atoms with E-state index in [1.54, 1.807) is 13.3 Å². The minimum Gasteiger partial charge on any atom is -0.289 e. The van der Waals surface area contributed by atoms with Crippen LogP contribution in [0.15, 0.2) is 60.0 Å². The number of rotatable bonds is 3. The molecule has 0 aliphatic carbocycles. The number of aromatic nitrogens is 2. The lowest BCUT2D eigenvalue weighted by Gasteiger charge is -1.98. The first-order valence-corrected chi connectivity index (χ1v) is 7.34. The summed E-state index contributed by atoms with van der Waals surface area (Å²) in [7, 11) is 3.80. The van der Waals surface area contributed by atoms with Crippen molar-refractivity contribution in [1.29, 1.82) is 0 Å². The first-order valence-electron chi connectivity index (χ1n) is 7.34. The van der Waals surface area contributed by atoms with E-state index in [1.165, 1.54) is 0 Å². The lowest BCUT2D eigenvalue weighted by molar-refractivity contribution is -0.510. The van der Waals surface area contributed by atoms with Gasteiger partial charge < -0.3 is 0 Å². The van der Waals surface area contributed by atoms with Gasteiger partial charge in [0.25, 0.3) is 5.65 Å². The van der Waals surface area contributed by atoms with Crippen LogP contribution in [0.25, 0.3) is 16.9 Å². The maximum atomic E-state index is 5.57. The van der Waals surface area contributed by atoms with Crippen molar-refractivity contribution in [2.75, 3.05) is 7.05 Å². The van der Waals surface area contributed by atoms with Crippen molar-refractivity contribution in [2.24, 2.45) is 17.9 Å². The first-order chi connectivity index (χ1) is 11.2. The summed E-state index contributed by atoms with van der Waals surface area (Å²) in [6, 6.07) is 14.4. The topological polar surface area (TPSA) is 73.4 Å². The third kappa shape index (κ3) is 3.06. The Balaban J connectivity index is 1.85. The molecule has 3 aromatic rings. The van der Waals surface area contributed by atoms with Crippen LogP contribution in [0.3, 0.4) is 0 Å². The molecule has 3 rings (SSSR count). The van der Waals surface area contributed by atoms with Crippen LogP contribution in [0, 0.1) is 0 Å². The molecule has 0 saturated heterocycles. The van der Waals surface area contributed by atoms with Gasteiger partial charge >= 0.3 is 5.96 Å². The van der Waals surface area contributed by atoms with Crippen molar-refractivity contribution in [3.05, 3.63) is 60.4 Å². The van der Waals surface area contributed by atoms with Crippen molar-refractivity contribution in [1.82, 2.24) is 9.99 Å². The van der Waals surface area contributed by atoms with Gasteiger partial charge in [-0.3, -0.25) is 10.7 Å². The van der Waals surface area contributed by atoms with E-state index in [0.29, 0.717) is 5.96 Å². The molecule has 116 valence electrons. The van der Waals surface area contributed by atoms with E-state index in [4.69, 9.17) is 5.73 Å². The Hall–Kier alpha value is -3.15. The van der Waals surface area contributed by atoms with Gasteiger partial charge in [-0.1, -0.05) is 18.2 Å². The van der Waals surface area contributed by atoms with E-state index in [1.807, 2.05) is 30.5 Å². The van der Waals surface area contributed by atoms with Crippen LogP contribution in [-0.2, 0) is 7.05 Å². The minimum atomic E-state index is 0.408. The Morgan fingerprint density at radius 3 is 2.74 bits per heavy atom. The van der Waals surface area contributed by atoms with E-state index >= 15 is 0 Å². The largest absolute Gasteiger partial charge is 0.364 e. The zero-order chi connectivity index (χ0) is 16.2. The number of benzene rings is 1. The van der Waals surface area contributed by atoms with Crippen LogP contribution in [0.2, 0.25) is 0 Å². The van der Waals surface area contributed by atoms with Gasteiger partial charge in [0, 0.05) is 11.6 Å². The highest BCUT2D eigenvalue weighted by atomic mass is 15.3. The number of nitrogens with two attached hydrogens (primary N) is 1. The Morgan fingerprint density at radius 1 is 1.26 bits per heavy atom. The van der Waals surface area contributed by atoms with Gasteiger partial charge in [0.2, 0.25) is 0 Å². The van der Waals surface area contributed by atoms with Crippen LogP contribution >= 0.6 is 0 Å². The van der Waals surface area contributed by atoms with Crippen molar-refractivity contribution >= 4 is 17.8 Å². The molecule has 2 aromatic heterocycles. The Kier molecular flexibility index (Phi) is 4.05. The number of hydrogen-bond acceptors (Lipinski definition) is 1. The van der Waals surface area contributed by atoms with E-state index in [0.717, 1.165) is 22.5 Å². The summed E-state index contributed by atoms with van der Waals surface area (Å²) in [5.74, 6) is 0.408. The molecule has 2 heterocycles. The molecular weight excluding hydrogens is 288 g/mol. The van der Waals surface area contributed by atoms with Crippen LogP contribution in [0.4, 0.5) is 0 Å². The zero-order valence-electron chi connectivity index (χ0n) is 13.2. The molecule has 0 spiro atoms. The average Bonchev–Trinajstić information content (AvgIpc) is 2.93. The second-order valence-corrected chi connectivity index (χ2v) is 5.20. The van der Waals surface area contributed by atoms with Crippen LogP contribution in [0.5, 0.6) is 0 Å². The lowest BCUT2D eigenvalue weighted by Crippen LogP contribution is -2.74. The zero-order valence-corrected chi connectivity index (χ0v) is 13.2. The number of hydrogen-bond donors (Lipinski definition) is 3. The molecule has 0 unspecified atom stereocenters. The minimum absolute atomic E-state index is 0.408. The Morgan fingerprint density at radius 2 is 2.04 bits per heavy atom. The van der Waals surface area contributed by atoms with Gasteiger partial charge in [0.15, 0.2) is 5.69 Å². The highest BCUT2D eigenvalue weighted by molar-refractivity contribution is 5.82. The van der Waals surface area contributed by atoms with Gasteiger partial charge in [-0.2, -0.15) is 5.43 Å². The Labute approximate surface area is 134 Å². The molecular formula is C17H20N6+2. The SMILES string of the molecule is C[NH+]=C(N)N/N=C\c1ccc(-c2c[n+]3ccccc3n2C)cc1. The molecule has 0 amide bonds. The molecule has 0 fully saturated rings. The third-order valence-electron chi connectivity index (χ3n) is 3.71. The fraction of sp³-hybridized carbons (Fsp3) is 0.118. The molecule has 0 radical (unpaired) electrons. The van der Waals surface area contributed by atoms with Gasteiger partial charge in [-0.05, 0) is 23.8 Å². The number of fused-ring (bicyclic) bond motifs is 1. The number of pyridine rings is 1. The van der Waals surface area contributed by atoms with E-state index in [2.05, 4.69) is 55.9 Å². The Bertz CT molecular complexity index is 874.